The number of ether oxygens (including phenoxy) is 1. The zero-order valence-electron chi connectivity index (χ0n) is 12.8. The van der Waals surface area contributed by atoms with E-state index in [0.717, 1.165) is 10.5 Å². The number of fused-ring (bicyclic) bond motifs is 1. The van der Waals surface area contributed by atoms with Crippen LogP contribution in [0.3, 0.4) is 0 Å². The van der Waals surface area contributed by atoms with Crippen LogP contribution in [0.1, 0.15) is 11.1 Å². The molecule has 8 heteroatoms. The summed E-state index contributed by atoms with van der Waals surface area (Å²) in [4.78, 5) is 47.0. The first-order chi connectivity index (χ1) is 11.4. The summed E-state index contributed by atoms with van der Waals surface area (Å²) in [6.07, 6.45) is 0. The van der Waals surface area contributed by atoms with Gasteiger partial charge in [0.1, 0.15) is 18.7 Å². The Kier molecular flexibility index (Phi) is 4.03. The van der Waals surface area contributed by atoms with E-state index in [1.54, 1.807) is 12.1 Å². The summed E-state index contributed by atoms with van der Waals surface area (Å²) >= 11 is 0. The summed E-state index contributed by atoms with van der Waals surface area (Å²) in [6, 6.07) is 5.96. The van der Waals surface area contributed by atoms with Crippen molar-refractivity contribution < 1.29 is 23.5 Å². The van der Waals surface area contributed by atoms with Crippen LogP contribution >= 0.6 is 0 Å². The van der Waals surface area contributed by atoms with Crippen molar-refractivity contribution in [1.82, 2.24) is 10.2 Å². The van der Waals surface area contributed by atoms with E-state index in [-0.39, 0.29) is 13.2 Å². The number of nitrogens with one attached hydrogen (secondary N) is 1. The number of imide groups is 1. The molecule has 2 heterocycles. The van der Waals surface area contributed by atoms with Gasteiger partial charge in [0.05, 0.1) is 6.54 Å². The minimum Gasteiger partial charge on any atom is -0.459 e. The van der Waals surface area contributed by atoms with Crippen LogP contribution in [0, 0.1) is 6.92 Å². The summed E-state index contributed by atoms with van der Waals surface area (Å²) in [5, 5.41) is 2.97. The molecule has 3 rings (SSSR count). The maximum atomic E-state index is 11.8. The first-order valence-corrected chi connectivity index (χ1v) is 7.21. The largest absolute Gasteiger partial charge is 0.459 e. The number of carbonyl (C=O) groups is 3. The molecule has 1 aliphatic rings. The minimum atomic E-state index is -0.742. The zero-order valence-corrected chi connectivity index (χ0v) is 12.8. The molecule has 24 heavy (non-hydrogen) atoms. The van der Waals surface area contributed by atoms with E-state index in [4.69, 9.17) is 9.15 Å². The van der Waals surface area contributed by atoms with E-state index >= 15 is 0 Å². The number of carbonyl (C=O) groups excluding carboxylic acids is 3. The Morgan fingerprint density at radius 2 is 2.08 bits per heavy atom. The molecule has 124 valence electrons. The van der Waals surface area contributed by atoms with Gasteiger partial charge in [-0.25, -0.2) is 9.59 Å². The molecule has 1 N–H and O–H groups in total. The van der Waals surface area contributed by atoms with Crippen molar-refractivity contribution in [2.45, 2.75) is 13.5 Å². The van der Waals surface area contributed by atoms with Crippen LogP contribution in [0.5, 0.6) is 0 Å². The normalized spacial score (nSPS) is 14.1. The third-order valence-electron chi connectivity index (χ3n) is 3.60. The quantitative estimate of drug-likeness (QED) is 0.502. The summed E-state index contributed by atoms with van der Waals surface area (Å²) in [6.45, 7) is 1.11. The van der Waals surface area contributed by atoms with E-state index in [1.807, 2.05) is 13.0 Å². The number of urea groups is 1. The van der Waals surface area contributed by atoms with Gasteiger partial charge in [-0.15, -0.1) is 0 Å². The van der Waals surface area contributed by atoms with Crippen molar-refractivity contribution in [3.05, 3.63) is 45.8 Å². The monoisotopic (exact) mass is 330 g/mol. The molecule has 1 saturated heterocycles. The van der Waals surface area contributed by atoms with Gasteiger partial charge in [-0.1, -0.05) is 12.1 Å². The summed E-state index contributed by atoms with van der Waals surface area (Å²) in [5.74, 6) is -1.23. The third kappa shape index (κ3) is 3.12. The molecule has 0 atom stereocenters. The molecule has 1 fully saturated rings. The van der Waals surface area contributed by atoms with Crippen molar-refractivity contribution in [2.75, 3.05) is 13.1 Å². The van der Waals surface area contributed by atoms with E-state index < -0.39 is 30.1 Å². The Bertz CT molecular complexity index is 885. The van der Waals surface area contributed by atoms with Crippen molar-refractivity contribution in [3.63, 3.8) is 0 Å². The highest BCUT2D eigenvalue weighted by Gasteiger charge is 2.30. The van der Waals surface area contributed by atoms with Gasteiger partial charge < -0.3 is 14.5 Å². The van der Waals surface area contributed by atoms with Gasteiger partial charge in [-0.05, 0) is 18.6 Å². The molecule has 0 radical (unpaired) electrons. The molecule has 0 spiro atoms. The third-order valence-corrected chi connectivity index (χ3v) is 3.60. The molecule has 1 aliphatic heterocycles. The number of esters is 1. The van der Waals surface area contributed by atoms with Gasteiger partial charge in [0, 0.05) is 17.0 Å². The summed E-state index contributed by atoms with van der Waals surface area (Å²) in [7, 11) is 0. The number of rotatable bonds is 4. The highest BCUT2D eigenvalue weighted by molar-refractivity contribution is 6.04. The van der Waals surface area contributed by atoms with Gasteiger partial charge in [-0.3, -0.25) is 14.5 Å². The lowest BCUT2D eigenvalue weighted by molar-refractivity contribution is -0.147. The molecule has 0 saturated carbocycles. The first kappa shape index (κ1) is 15.7. The van der Waals surface area contributed by atoms with Crippen LogP contribution < -0.4 is 10.9 Å². The van der Waals surface area contributed by atoms with Crippen molar-refractivity contribution in [3.8, 4) is 0 Å². The fourth-order valence-electron chi connectivity index (χ4n) is 2.40. The Morgan fingerprint density at radius 3 is 2.79 bits per heavy atom. The SMILES string of the molecule is Cc1ccc2c(COC(=O)CN3C(=O)CNC3=O)cc(=O)oc2c1. The van der Waals surface area contributed by atoms with E-state index in [9.17, 15) is 19.2 Å². The first-order valence-electron chi connectivity index (χ1n) is 7.21. The van der Waals surface area contributed by atoms with Crippen molar-refractivity contribution in [1.29, 1.82) is 0 Å². The minimum absolute atomic E-state index is 0.129. The van der Waals surface area contributed by atoms with Crippen LogP contribution in [-0.2, 0) is 20.9 Å². The van der Waals surface area contributed by atoms with E-state index in [2.05, 4.69) is 5.32 Å². The molecule has 3 amide bonds. The lowest BCUT2D eigenvalue weighted by Crippen LogP contribution is -2.36. The Morgan fingerprint density at radius 1 is 1.29 bits per heavy atom. The Balaban J connectivity index is 1.73. The maximum absolute atomic E-state index is 11.8. The number of hydrogen-bond donors (Lipinski definition) is 1. The van der Waals surface area contributed by atoms with Gasteiger partial charge in [0.2, 0.25) is 0 Å². The van der Waals surface area contributed by atoms with Crippen LogP contribution in [0.25, 0.3) is 11.0 Å². The Hall–Kier alpha value is -3.16. The fourth-order valence-corrected chi connectivity index (χ4v) is 2.40. The molecule has 0 aliphatic carbocycles. The van der Waals surface area contributed by atoms with Crippen LogP contribution in [0.4, 0.5) is 4.79 Å². The molecule has 0 bridgehead atoms. The van der Waals surface area contributed by atoms with Crippen LogP contribution in [0.2, 0.25) is 0 Å². The smallest absolute Gasteiger partial charge is 0.336 e. The maximum Gasteiger partial charge on any atom is 0.336 e. The van der Waals surface area contributed by atoms with Crippen LogP contribution in [0.15, 0.2) is 33.5 Å². The van der Waals surface area contributed by atoms with Gasteiger partial charge in [0.15, 0.2) is 0 Å². The lowest BCUT2D eigenvalue weighted by atomic mass is 10.1. The lowest BCUT2D eigenvalue weighted by Gasteiger charge is -2.12. The predicted molar refractivity (Wildman–Crippen MR) is 82.1 cm³/mol. The second kappa shape index (κ2) is 6.15. The number of aryl methyl sites for hydroxylation is 1. The summed E-state index contributed by atoms with van der Waals surface area (Å²) < 4.78 is 10.2. The average Bonchev–Trinajstić information content (AvgIpc) is 2.84. The molecular formula is C16H14N2O6. The standard InChI is InChI=1S/C16H14N2O6/c1-9-2-3-11-10(5-14(20)24-12(11)4-9)8-23-15(21)7-18-13(19)6-17-16(18)22/h2-5H,6-8H2,1H3,(H,17,22). The molecule has 1 aromatic heterocycles. The van der Waals surface area contributed by atoms with Crippen molar-refractivity contribution in [2.24, 2.45) is 0 Å². The molecule has 0 unspecified atom stereocenters. The summed E-state index contributed by atoms with van der Waals surface area (Å²) in [5.41, 5.74) is 1.28. The highest BCUT2D eigenvalue weighted by Crippen LogP contribution is 2.19. The number of amides is 3. The predicted octanol–water partition coefficient (Wildman–Crippen LogP) is 0.696. The number of nitrogens with zero attached hydrogens (tertiary/aromatic N) is 1. The average molecular weight is 330 g/mol. The van der Waals surface area contributed by atoms with Gasteiger partial charge >= 0.3 is 17.6 Å². The van der Waals surface area contributed by atoms with Crippen LogP contribution in [-0.4, -0.2) is 35.9 Å². The molecule has 1 aromatic carbocycles. The van der Waals surface area contributed by atoms with Gasteiger partial charge in [-0.2, -0.15) is 0 Å². The number of hydrogen-bond acceptors (Lipinski definition) is 6. The molecule has 2 aromatic rings. The second-order valence-electron chi connectivity index (χ2n) is 5.39. The Labute approximate surface area is 136 Å². The topological polar surface area (TPSA) is 106 Å². The van der Waals surface area contributed by atoms with E-state index in [1.165, 1.54) is 6.07 Å². The van der Waals surface area contributed by atoms with Crippen molar-refractivity contribution >= 4 is 28.9 Å². The molecule has 8 nitrogen and oxygen atoms in total. The highest BCUT2D eigenvalue weighted by atomic mass is 16.5. The second-order valence-corrected chi connectivity index (χ2v) is 5.39. The number of benzene rings is 1. The zero-order chi connectivity index (χ0) is 17.3. The van der Waals surface area contributed by atoms with E-state index in [0.29, 0.717) is 16.5 Å². The molecular weight excluding hydrogens is 316 g/mol. The van der Waals surface area contributed by atoms with Gasteiger partial charge in [0.25, 0.3) is 5.91 Å². The fraction of sp³-hybridized carbons (Fsp3) is 0.250.